The number of rotatable bonds is 6. The zero-order chi connectivity index (χ0) is 22.8. The predicted molar refractivity (Wildman–Crippen MR) is 125 cm³/mol. The lowest BCUT2D eigenvalue weighted by Gasteiger charge is -2.17. The SMILES string of the molecule is COc1ccc(-c2oc3c(C)cc(C)cc3c(=O)c2OC(C)C(=O)c2ccccc2)cc1. The average molecular weight is 428 g/mol. The summed E-state index contributed by atoms with van der Waals surface area (Å²) in [7, 11) is 1.59. The Morgan fingerprint density at radius 1 is 0.969 bits per heavy atom. The fourth-order valence-electron chi connectivity index (χ4n) is 3.74. The molecular weight excluding hydrogens is 404 g/mol. The van der Waals surface area contributed by atoms with Crippen LogP contribution in [0.25, 0.3) is 22.3 Å². The smallest absolute Gasteiger partial charge is 0.235 e. The molecule has 0 radical (unpaired) electrons. The minimum atomic E-state index is -0.874. The van der Waals surface area contributed by atoms with Crippen LogP contribution < -0.4 is 14.9 Å². The topological polar surface area (TPSA) is 65.7 Å². The molecule has 0 aliphatic carbocycles. The molecule has 1 unspecified atom stereocenters. The normalized spacial score (nSPS) is 11.9. The van der Waals surface area contributed by atoms with Gasteiger partial charge in [-0.2, -0.15) is 0 Å². The lowest BCUT2D eigenvalue weighted by Crippen LogP contribution is -2.26. The van der Waals surface area contributed by atoms with Crippen molar-refractivity contribution < 1.29 is 18.7 Å². The Morgan fingerprint density at radius 3 is 2.31 bits per heavy atom. The van der Waals surface area contributed by atoms with E-state index in [-0.39, 0.29) is 22.7 Å². The van der Waals surface area contributed by atoms with Crippen molar-refractivity contribution in [2.24, 2.45) is 0 Å². The lowest BCUT2D eigenvalue weighted by molar-refractivity contribution is 0.0815. The monoisotopic (exact) mass is 428 g/mol. The quantitative estimate of drug-likeness (QED) is 0.367. The summed E-state index contributed by atoms with van der Waals surface area (Å²) in [5, 5.41) is 0.425. The second-order valence-electron chi connectivity index (χ2n) is 7.77. The lowest BCUT2D eigenvalue weighted by atomic mass is 10.0. The number of hydrogen-bond donors (Lipinski definition) is 0. The zero-order valence-electron chi connectivity index (χ0n) is 18.5. The number of ether oxygens (including phenoxy) is 2. The molecule has 0 aliphatic heterocycles. The Hall–Kier alpha value is -3.86. The molecule has 1 heterocycles. The van der Waals surface area contributed by atoms with Crippen molar-refractivity contribution in [3.8, 4) is 22.8 Å². The molecule has 4 rings (SSSR count). The first-order valence-corrected chi connectivity index (χ1v) is 10.4. The third-order valence-corrected chi connectivity index (χ3v) is 5.35. The zero-order valence-corrected chi connectivity index (χ0v) is 18.5. The van der Waals surface area contributed by atoms with Crippen LogP contribution >= 0.6 is 0 Å². The van der Waals surface area contributed by atoms with E-state index in [9.17, 15) is 9.59 Å². The molecule has 0 amide bonds. The molecule has 0 aliphatic rings. The minimum Gasteiger partial charge on any atom is -0.497 e. The maximum Gasteiger partial charge on any atom is 0.235 e. The van der Waals surface area contributed by atoms with Crippen LogP contribution in [-0.4, -0.2) is 19.0 Å². The van der Waals surface area contributed by atoms with Gasteiger partial charge in [0.15, 0.2) is 11.9 Å². The van der Waals surface area contributed by atoms with E-state index in [2.05, 4.69) is 0 Å². The number of carbonyl (C=O) groups excluding carboxylic acids is 1. The van der Waals surface area contributed by atoms with E-state index in [0.29, 0.717) is 27.8 Å². The fourth-order valence-corrected chi connectivity index (χ4v) is 3.74. The third kappa shape index (κ3) is 4.02. The maximum absolute atomic E-state index is 13.5. The van der Waals surface area contributed by atoms with Gasteiger partial charge in [-0.15, -0.1) is 0 Å². The summed E-state index contributed by atoms with van der Waals surface area (Å²) >= 11 is 0. The van der Waals surface area contributed by atoms with E-state index in [1.54, 1.807) is 68.6 Å². The largest absolute Gasteiger partial charge is 0.497 e. The van der Waals surface area contributed by atoms with E-state index in [0.717, 1.165) is 11.1 Å². The van der Waals surface area contributed by atoms with Crippen molar-refractivity contribution in [1.29, 1.82) is 0 Å². The second kappa shape index (κ2) is 8.71. The van der Waals surface area contributed by atoms with Crippen molar-refractivity contribution in [2.45, 2.75) is 26.9 Å². The van der Waals surface area contributed by atoms with Gasteiger partial charge in [0.05, 0.1) is 12.5 Å². The molecule has 0 bridgehead atoms. The number of benzene rings is 3. The first kappa shape index (κ1) is 21.4. The minimum absolute atomic E-state index is 0.0180. The van der Waals surface area contributed by atoms with Gasteiger partial charge >= 0.3 is 0 Å². The van der Waals surface area contributed by atoms with Gasteiger partial charge < -0.3 is 13.9 Å². The molecule has 0 spiro atoms. The number of hydrogen-bond acceptors (Lipinski definition) is 5. The molecule has 5 heteroatoms. The first-order chi connectivity index (χ1) is 15.4. The Bertz CT molecular complexity index is 1330. The Kier molecular flexibility index (Phi) is 5.82. The molecular formula is C27H24O5. The molecule has 162 valence electrons. The highest BCUT2D eigenvalue weighted by molar-refractivity contribution is 5.99. The van der Waals surface area contributed by atoms with Gasteiger partial charge in [-0.3, -0.25) is 9.59 Å². The van der Waals surface area contributed by atoms with Crippen LogP contribution in [-0.2, 0) is 0 Å². The van der Waals surface area contributed by atoms with Gasteiger partial charge in [-0.1, -0.05) is 36.4 Å². The van der Waals surface area contributed by atoms with E-state index in [1.165, 1.54) is 0 Å². The summed E-state index contributed by atoms with van der Waals surface area (Å²) < 4.78 is 17.5. The van der Waals surface area contributed by atoms with Gasteiger partial charge in [-0.25, -0.2) is 0 Å². The van der Waals surface area contributed by atoms with Crippen LogP contribution in [0.15, 0.2) is 75.9 Å². The number of fused-ring (bicyclic) bond motifs is 1. The Balaban J connectivity index is 1.87. The summed E-state index contributed by atoms with van der Waals surface area (Å²) in [5.74, 6) is 0.763. The van der Waals surface area contributed by atoms with Crippen molar-refractivity contribution in [1.82, 2.24) is 0 Å². The molecule has 4 aromatic rings. The molecule has 3 aromatic carbocycles. The molecule has 32 heavy (non-hydrogen) atoms. The van der Waals surface area contributed by atoms with Gasteiger partial charge in [0.25, 0.3) is 0 Å². The van der Waals surface area contributed by atoms with Crippen molar-refractivity contribution in [3.63, 3.8) is 0 Å². The molecule has 0 saturated carbocycles. The Morgan fingerprint density at radius 2 is 1.66 bits per heavy atom. The van der Waals surface area contributed by atoms with Gasteiger partial charge in [-0.05, 0) is 62.2 Å². The van der Waals surface area contributed by atoms with Crippen LogP contribution in [0.2, 0.25) is 0 Å². The number of ketones is 1. The standard InChI is InChI=1S/C27H24O5/c1-16-14-17(2)25-22(15-16)24(29)27(26(32-25)20-10-12-21(30-4)13-11-20)31-18(3)23(28)19-8-6-5-7-9-19/h5-15,18H,1-4H3. The molecule has 1 aromatic heterocycles. The second-order valence-corrected chi connectivity index (χ2v) is 7.77. The number of Topliss-reactive ketones (excluding diaryl/α,β-unsaturated/α-hetero) is 1. The molecule has 0 saturated heterocycles. The summed E-state index contributed by atoms with van der Waals surface area (Å²) in [6, 6.07) is 19.8. The van der Waals surface area contributed by atoms with Gasteiger partial charge in [0.1, 0.15) is 11.3 Å². The number of methoxy groups -OCH3 is 1. The average Bonchev–Trinajstić information content (AvgIpc) is 2.81. The van der Waals surface area contributed by atoms with Crippen LogP contribution in [0.5, 0.6) is 11.5 Å². The predicted octanol–water partition coefficient (Wildman–Crippen LogP) is 5.74. The highest BCUT2D eigenvalue weighted by Gasteiger charge is 2.24. The maximum atomic E-state index is 13.5. The van der Waals surface area contributed by atoms with Crippen LogP contribution in [0.3, 0.4) is 0 Å². The highest BCUT2D eigenvalue weighted by atomic mass is 16.5. The van der Waals surface area contributed by atoms with Crippen LogP contribution in [0, 0.1) is 13.8 Å². The molecule has 1 atom stereocenters. The van der Waals surface area contributed by atoms with Crippen LogP contribution in [0.4, 0.5) is 0 Å². The van der Waals surface area contributed by atoms with Gasteiger partial charge in [0, 0.05) is 11.1 Å². The molecule has 5 nitrogen and oxygen atoms in total. The van der Waals surface area contributed by atoms with E-state index >= 15 is 0 Å². The first-order valence-electron chi connectivity index (χ1n) is 10.4. The summed E-state index contributed by atoms with van der Waals surface area (Å²) in [6.07, 6.45) is -0.874. The van der Waals surface area contributed by atoms with E-state index < -0.39 is 6.10 Å². The van der Waals surface area contributed by atoms with Crippen LogP contribution in [0.1, 0.15) is 28.4 Å². The van der Waals surface area contributed by atoms with Crippen molar-refractivity contribution in [2.75, 3.05) is 7.11 Å². The Labute approximate surface area is 186 Å². The van der Waals surface area contributed by atoms with E-state index in [4.69, 9.17) is 13.9 Å². The van der Waals surface area contributed by atoms with Crippen molar-refractivity contribution in [3.05, 3.63) is 93.6 Å². The molecule has 0 N–H and O–H groups in total. The van der Waals surface area contributed by atoms with Crippen molar-refractivity contribution >= 4 is 16.8 Å². The van der Waals surface area contributed by atoms with E-state index in [1.807, 2.05) is 26.0 Å². The molecule has 0 fully saturated rings. The summed E-state index contributed by atoms with van der Waals surface area (Å²) in [4.78, 5) is 26.4. The van der Waals surface area contributed by atoms with Gasteiger partial charge in [0.2, 0.25) is 17.0 Å². The number of aryl methyl sites for hydroxylation is 2. The summed E-state index contributed by atoms with van der Waals surface area (Å²) in [6.45, 7) is 5.46. The third-order valence-electron chi connectivity index (χ3n) is 5.35. The summed E-state index contributed by atoms with van der Waals surface area (Å²) in [5.41, 5.74) is 3.16. The number of carbonyl (C=O) groups is 1. The highest BCUT2D eigenvalue weighted by Crippen LogP contribution is 2.34. The fraction of sp³-hybridized carbons (Fsp3) is 0.185.